The van der Waals surface area contributed by atoms with Gasteiger partial charge in [0, 0.05) is 5.02 Å². The summed E-state index contributed by atoms with van der Waals surface area (Å²) >= 11 is 7.29. The van der Waals surface area contributed by atoms with Gasteiger partial charge in [-0.15, -0.1) is 0 Å². The molecule has 3 nitrogen and oxygen atoms in total. The number of carbonyl (C=O) groups is 1. The Morgan fingerprint density at radius 2 is 1.86 bits per heavy atom. The molecule has 0 bridgehead atoms. The van der Waals surface area contributed by atoms with E-state index in [0.29, 0.717) is 10.9 Å². The first-order valence-electron chi connectivity index (χ1n) is 6.72. The fraction of sp³-hybridized carbons (Fsp3) is 0.0588. The molecular weight excluding hydrogens is 316 g/mol. The largest absolute Gasteiger partial charge is 0.300 e. The molecule has 5 heteroatoms. The van der Waals surface area contributed by atoms with Crippen LogP contribution >= 0.6 is 23.4 Å². The highest BCUT2D eigenvalue weighted by atomic mass is 35.5. The van der Waals surface area contributed by atoms with Gasteiger partial charge in [-0.05, 0) is 48.5 Å². The summed E-state index contributed by atoms with van der Waals surface area (Å²) in [4.78, 5) is 17.0. The lowest BCUT2D eigenvalue weighted by molar-refractivity contribution is 0.265. The molecule has 3 rings (SSSR count). The summed E-state index contributed by atoms with van der Waals surface area (Å²) in [5.41, 5.74) is 2.83. The molecule has 2 aromatic carbocycles. The Morgan fingerprint density at radius 1 is 1.14 bits per heavy atom. The van der Waals surface area contributed by atoms with Gasteiger partial charge in [-0.1, -0.05) is 47.5 Å². The number of nitrogens with one attached hydrogen (secondary N) is 1. The zero-order valence-electron chi connectivity index (χ0n) is 11.8. The van der Waals surface area contributed by atoms with Gasteiger partial charge in [0.05, 0.1) is 10.6 Å². The van der Waals surface area contributed by atoms with Gasteiger partial charge in [-0.25, -0.2) is 4.99 Å². The first-order chi connectivity index (χ1) is 10.6. The second kappa shape index (κ2) is 6.38. The van der Waals surface area contributed by atoms with Crippen molar-refractivity contribution in [2.45, 2.75) is 6.92 Å². The topological polar surface area (TPSA) is 41.5 Å². The second-order valence-electron chi connectivity index (χ2n) is 4.84. The fourth-order valence-corrected chi connectivity index (χ4v) is 2.91. The van der Waals surface area contributed by atoms with Crippen molar-refractivity contribution in [2.24, 2.45) is 4.99 Å². The standard InChI is InChI=1S/C17H13ClN2OS/c1-11-6-8-13(9-7-11)19-16-15(22-17(21)20-16)10-12-4-2-3-5-14(12)18/h2-10H,1H3,(H,19,20,21)/b15-10-. The van der Waals surface area contributed by atoms with Gasteiger partial charge >= 0.3 is 0 Å². The lowest BCUT2D eigenvalue weighted by Gasteiger charge is -2.02. The lowest BCUT2D eigenvalue weighted by Crippen LogP contribution is -2.18. The SMILES string of the molecule is Cc1ccc(N=C2NC(=O)S/C2=C\c2ccccc2Cl)cc1. The highest BCUT2D eigenvalue weighted by molar-refractivity contribution is 8.18. The number of carbonyl (C=O) groups excluding carboxylic acids is 1. The molecule has 0 saturated carbocycles. The molecular formula is C17H13ClN2OS. The molecule has 0 spiro atoms. The molecule has 22 heavy (non-hydrogen) atoms. The number of hydrogen-bond acceptors (Lipinski definition) is 3. The molecule has 0 radical (unpaired) electrons. The number of hydrogen-bond donors (Lipinski definition) is 1. The van der Waals surface area contributed by atoms with Crippen molar-refractivity contribution in [1.82, 2.24) is 5.32 Å². The lowest BCUT2D eigenvalue weighted by atomic mass is 10.2. The van der Waals surface area contributed by atoms with Crippen molar-refractivity contribution in [3.63, 3.8) is 0 Å². The molecule has 110 valence electrons. The van der Waals surface area contributed by atoms with Crippen LogP contribution in [-0.4, -0.2) is 11.1 Å². The van der Waals surface area contributed by atoms with E-state index in [1.54, 1.807) is 0 Å². The second-order valence-corrected chi connectivity index (χ2v) is 6.26. The normalized spacial score (nSPS) is 18.0. The Balaban J connectivity index is 1.97. The minimum absolute atomic E-state index is 0.135. The van der Waals surface area contributed by atoms with E-state index in [1.807, 2.05) is 61.5 Å². The van der Waals surface area contributed by atoms with Crippen LogP contribution in [0, 0.1) is 6.92 Å². The van der Waals surface area contributed by atoms with Crippen LogP contribution in [0.15, 0.2) is 58.4 Å². The van der Waals surface area contributed by atoms with Crippen molar-refractivity contribution in [1.29, 1.82) is 0 Å². The van der Waals surface area contributed by atoms with Gasteiger partial charge in [0.2, 0.25) is 0 Å². The molecule has 0 unspecified atom stereocenters. The number of halogens is 1. The minimum Gasteiger partial charge on any atom is -0.300 e. The van der Waals surface area contributed by atoms with Crippen LogP contribution in [-0.2, 0) is 0 Å². The molecule has 1 amide bonds. The average molecular weight is 329 g/mol. The van der Waals surface area contributed by atoms with E-state index in [0.717, 1.165) is 27.9 Å². The van der Waals surface area contributed by atoms with Crippen molar-refractivity contribution in [2.75, 3.05) is 0 Å². The van der Waals surface area contributed by atoms with E-state index in [-0.39, 0.29) is 5.24 Å². The van der Waals surface area contributed by atoms with Crippen LogP contribution in [0.5, 0.6) is 0 Å². The third kappa shape index (κ3) is 3.40. The van der Waals surface area contributed by atoms with E-state index in [1.165, 1.54) is 5.56 Å². The van der Waals surface area contributed by atoms with Crippen molar-refractivity contribution < 1.29 is 4.79 Å². The van der Waals surface area contributed by atoms with Crippen molar-refractivity contribution in [3.05, 3.63) is 69.6 Å². The summed E-state index contributed by atoms with van der Waals surface area (Å²) < 4.78 is 0. The van der Waals surface area contributed by atoms with Crippen molar-refractivity contribution in [3.8, 4) is 0 Å². The number of rotatable bonds is 2. The predicted octanol–water partition coefficient (Wildman–Crippen LogP) is 5.18. The Bertz CT molecular complexity index is 782. The maximum absolute atomic E-state index is 11.7. The molecule has 1 heterocycles. The predicted molar refractivity (Wildman–Crippen MR) is 93.8 cm³/mol. The highest BCUT2D eigenvalue weighted by Gasteiger charge is 2.23. The maximum atomic E-state index is 11.7. The number of amides is 1. The number of aliphatic imine (C=N–C) groups is 1. The monoisotopic (exact) mass is 328 g/mol. The molecule has 0 atom stereocenters. The van der Waals surface area contributed by atoms with E-state index in [4.69, 9.17) is 11.6 Å². The smallest absolute Gasteiger partial charge is 0.289 e. The number of aryl methyl sites for hydroxylation is 1. The first-order valence-corrected chi connectivity index (χ1v) is 7.92. The zero-order valence-corrected chi connectivity index (χ0v) is 13.4. The number of thioether (sulfide) groups is 1. The van der Waals surface area contributed by atoms with Gasteiger partial charge in [0.25, 0.3) is 5.24 Å². The minimum atomic E-state index is -0.135. The van der Waals surface area contributed by atoms with Crippen LogP contribution in [0.1, 0.15) is 11.1 Å². The molecule has 1 aliphatic rings. The summed E-state index contributed by atoms with van der Waals surface area (Å²) in [5.74, 6) is 0.554. The van der Waals surface area contributed by atoms with E-state index in [2.05, 4.69) is 10.3 Å². The Hall–Kier alpha value is -2.04. The van der Waals surface area contributed by atoms with Gasteiger partial charge in [-0.3, -0.25) is 4.79 Å². The molecule has 1 aliphatic heterocycles. The van der Waals surface area contributed by atoms with Gasteiger partial charge in [0.1, 0.15) is 5.84 Å². The van der Waals surface area contributed by atoms with Crippen LogP contribution in [0.3, 0.4) is 0 Å². The van der Waals surface area contributed by atoms with Crippen LogP contribution in [0.25, 0.3) is 6.08 Å². The van der Waals surface area contributed by atoms with Gasteiger partial charge in [-0.2, -0.15) is 0 Å². The summed E-state index contributed by atoms with van der Waals surface area (Å²) in [7, 11) is 0. The molecule has 2 aromatic rings. The highest BCUT2D eigenvalue weighted by Crippen LogP contribution is 2.30. The van der Waals surface area contributed by atoms with E-state index >= 15 is 0 Å². The average Bonchev–Trinajstić information content (AvgIpc) is 2.83. The third-order valence-electron chi connectivity index (χ3n) is 3.12. The number of benzene rings is 2. The summed E-state index contributed by atoms with van der Waals surface area (Å²) in [6.07, 6.45) is 1.87. The number of nitrogens with zero attached hydrogens (tertiary/aromatic N) is 1. The molecule has 1 saturated heterocycles. The van der Waals surface area contributed by atoms with Crippen LogP contribution in [0.4, 0.5) is 10.5 Å². The van der Waals surface area contributed by atoms with Crippen molar-refractivity contribution >= 4 is 46.2 Å². The molecule has 1 N–H and O–H groups in total. The Labute approximate surface area is 138 Å². The fourth-order valence-electron chi connectivity index (χ4n) is 1.99. The summed E-state index contributed by atoms with van der Waals surface area (Å²) in [6, 6.07) is 15.3. The van der Waals surface area contributed by atoms with Crippen LogP contribution in [0.2, 0.25) is 5.02 Å². The quantitative estimate of drug-likeness (QED) is 0.825. The summed E-state index contributed by atoms with van der Waals surface area (Å²) in [5, 5.41) is 3.28. The van der Waals surface area contributed by atoms with Gasteiger partial charge in [0.15, 0.2) is 0 Å². The Kier molecular flexibility index (Phi) is 4.32. The van der Waals surface area contributed by atoms with Gasteiger partial charge < -0.3 is 5.32 Å². The maximum Gasteiger partial charge on any atom is 0.289 e. The van der Waals surface area contributed by atoms with E-state index in [9.17, 15) is 4.79 Å². The molecule has 0 aliphatic carbocycles. The van der Waals surface area contributed by atoms with E-state index < -0.39 is 0 Å². The summed E-state index contributed by atoms with van der Waals surface area (Å²) in [6.45, 7) is 2.02. The first kappa shape index (κ1) is 14.9. The molecule has 1 fully saturated rings. The molecule has 0 aromatic heterocycles. The number of amidine groups is 1. The zero-order chi connectivity index (χ0) is 15.5. The third-order valence-corrected chi connectivity index (χ3v) is 4.29. The van der Waals surface area contributed by atoms with Crippen LogP contribution < -0.4 is 5.32 Å². The Morgan fingerprint density at radius 3 is 2.59 bits per heavy atom.